The van der Waals surface area contributed by atoms with Crippen LogP contribution in [0.4, 0.5) is 0 Å². The molecule has 0 aliphatic heterocycles. The third kappa shape index (κ3) is 5.03. The van der Waals surface area contributed by atoms with E-state index >= 15 is 0 Å². The van der Waals surface area contributed by atoms with Gasteiger partial charge in [0.25, 0.3) is 0 Å². The molecule has 0 amide bonds. The van der Waals surface area contributed by atoms with E-state index < -0.39 is 0 Å². The molecule has 0 aromatic heterocycles. The molecule has 0 saturated heterocycles. The van der Waals surface area contributed by atoms with Gasteiger partial charge in [-0.1, -0.05) is 67.6 Å². The third-order valence-electron chi connectivity index (χ3n) is 3.76. The van der Waals surface area contributed by atoms with Gasteiger partial charge in [0.2, 0.25) is 0 Å². The van der Waals surface area contributed by atoms with Gasteiger partial charge < -0.3 is 4.74 Å². The number of hydrogen-bond donors (Lipinski definition) is 0. The summed E-state index contributed by atoms with van der Waals surface area (Å²) >= 11 is 0. The number of rotatable bonds is 8. The Hall–Kier alpha value is -2.09. The summed E-state index contributed by atoms with van der Waals surface area (Å²) in [5.74, 6) is 0.269. The van der Waals surface area contributed by atoms with Crippen LogP contribution in [0.1, 0.15) is 49.7 Å². The van der Waals surface area contributed by atoms with Crippen LogP contribution in [0.15, 0.2) is 60.7 Å². The SMILES string of the molecule is CCCC(=O)OCCCC(c1ccccc1)c1ccccc1. The highest BCUT2D eigenvalue weighted by Gasteiger charge is 2.13. The second-order valence-electron chi connectivity index (χ2n) is 5.49. The Morgan fingerprint density at radius 1 is 0.955 bits per heavy atom. The Morgan fingerprint density at radius 2 is 1.50 bits per heavy atom. The van der Waals surface area contributed by atoms with Gasteiger partial charge in [-0.3, -0.25) is 4.79 Å². The molecular weight excluding hydrogens is 272 g/mol. The van der Waals surface area contributed by atoms with Crippen molar-refractivity contribution in [1.82, 2.24) is 0 Å². The number of carbonyl (C=O) groups excluding carboxylic acids is 1. The molecule has 2 nitrogen and oxygen atoms in total. The molecule has 2 aromatic carbocycles. The van der Waals surface area contributed by atoms with Crippen molar-refractivity contribution in [2.24, 2.45) is 0 Å². The Balaban J connectivity index is 1.96. The van der Waals surface area contributed by atoms with Crippen molar-refractivity contribution >= 4 is 5.97 Å². The lowest BCUT2D eigenvalue weighted by Crippen LogP contribution is -2.07. The summed E-state index contributed by atoms with van der Waals surface area (Å²) < 4.78 is 5.27. The molecule has 0 radical (unpaired) electrons. The average Bonchev–Trinajstić information content (AvgIpc) is 2.57. The normalized spacial score (nSPS) is 10.6. The minimum atomic E-state index is -0.0847. The minimum Gasteiger partial charge on any atom is -0.466 e. The van der Waals surface area contributed by atoms with Gasteiger partial charge in [-0.2, -0.15) is 0 Å². The van der Waals surface area contributed by atoms with Gasteiger partial charge in [-0.25, -0.2) is 0 Å². The minimum absolute atomic E-state index is 0.0847. The van der Waals surface area contributed by atoms with Crippen LogP contribution < -0.4 is 0 Å². The zero-order valence-electron chi connectivity index (χ0n) is 13.2. The summed E-state index contributed by atoms with van der Waals surface area (Å²) in [6, 6.07) is 21.1. The Labute approximate surface area is 133 Å². The van der Waals surface area contributed by atoms with Crippen LogP contribution >= 0.6 is 0 Å². The monoisotopic (exact) mass is 296 g/mol. The van der Waals surface area contributed by atoms with Gasteiger partial charge in [0.05, 0.1) is 6.61 Å². The molecule has 0 atom stereocenters. The number of esters is 1. The van der Waals surface area contributed by atoms with Crippen LogP contribution in [0.5, 0.6) is 0 Å². The summed E-state index contributed by atoms with van der Waals surface area (Å²) in [6.07, 6.45) is 3.22. The molecule has 0 N–H and O–H groups in total. The van der Waals surface area contributed by atoms with E-state index in [1.54, 1.807) is 0 Å². The molecule has 0 fully saturated rings. The van der Waals surface area contributed by atoms with E-state index in [1.165, 1.54) is 11.1 Å². The van der Waals surface area contributed by atoms with Crippen LogP contribution in [0.3, 0.4) is 0 Å². The maximum atomic E-state index is 11.4. The summed E-state index contributed by atoms with van der Waals surface area (Å²) in [7, 11) is 0. The molecule has 0 unspecified atom stereocenters. The summed E-state index contributed by atoms with van der Waals surface area (Å²) in [6.45, 7) is 2.50. The zero-order chi connectivity index (χ0) is 15.6. The van der Waals surface area contributed by atoms with E-state index in [1.807, 2.05) is 19.1 Å². The van der Waals surface area contributed by atoms with E-state index in [9.17, 15) is 4.79 Å². The van der Waals surface area contributed by atoms with Gasteiger partial charge in [0.1, 0.15) is 0 Å². The lowest BCUT2D eigenvalue weighted by molar-refractivity contribution is -0.143. The van der Waals surface area contributed by atoms with Crippen LogP contribution in [0, 0.1) is 0 Å². The van der Waals surface area contributed by atoms with E-state index in [-0.39, 0.29) is 5.97 Å². The van der Waals surface area contributed by atoms with Crippen LogP contribution in [0.2, 0.25) is 0 Å². The standard InChI is InChI=1S/C20H24O2/c1-2-10-20(21)22-16-9-15-19(17-11-5-3-6-12-17)18-13-7-4-8-14-18/h3-8,11-14,19H,2,9-10,15-16H2,1H3. The van der Waals surface area contributed by atoms with Crippen molar-refractivity contribution in [2.45, 2.75) is 38.5 Å². The number of hydrogen-bond acceptors (Lipinski definition) is 2. The maximum absolute atomic E-state index is 11.4. The van der Waals surface area contributed by atoms with Crippen LogP contribution in [0.25, 0.3) is 0 Å². The second-order valence-corrected chi connectivity index (χ2v) is 5.49. The van der Waals surface area contributed by atoms with Crippen LogP contribution in [-0.2, 0) is 9.53 Å². The number of carbonyl (C=O) groups is 1. The fraction of sp³-hybridized carbons (Fsp3) is 0.350. The lowest BCUT2D eigenvalue weighted by Gasteiger charge is -2.18. The molecule has 116 valence electrons. The molecule has 2 rings (SSSR count). The van der Waals surface area contributed by atoms with E-state index in [2.05, 4.69) is 48.5 Å². The van der Waals surface area contributed by atoms with Gasteiger partial charge in [-0.05, 0) is 30.4 Å². The highest BCUT2D eigenvalue weighted by molar-refractivity contribution is 5.69. The van der Waals surface area contributed by atoms with Gasteiger partial charge in [0.15, 0.2) is 0 Å². The van der Waals surface area contributed by atoms with Crippen LogP contribution in [-0.4, -0.2) is 12.6 Å². The third-order valence-corrected chi connectivity index (χ3v) is 3.76. The highest BCUT2D eigenvalue weighted by atomic mass is 16.5. The van der Waals surface area contributed by atoms with Crippen molar-refractivity contribution in [3.8, 4) is 0 Å². The summed E-state index contributed by atoms with van der Waals surface area (Å²) in [5.41, 5.74) is 2.63. The maximum Gasteiger partial charge on any atom is 0.305 e. The van der Waals surface area contributed by atoms with E-state index in [4.69, 9.17) is 4.74 Å². The lowest BCUT2D eigenvalue weighted by atomic mass is 9.88. The van der Waals surface area contributed by atoms with Crippen molar-refractivity contribution in [2.75, 3.05) is 6.61 Å². The van der Waals surface area contributed by atoms with Crippen molar-refractivity contribution in [3.05, 3.63) is 71.8 Å². The molecule has 0 saturated carbocycles. The Morgan fingerprint density at radius 3 is 2.00 bits per heavy atom. The fourth-order valence-corrected chi connectivity index (χ4v) is 2.65. The second kappa shape index (κ2) is 9.04. The Kier molecular flexibility index (Phi) is 6.69. The first-order chi connectivity index (χ1) is 10.8. The molecule has 0 heterocycles. The van der Waals surface area contributed by atoms with Gasteiger partial charge in [0, 0.05) is 12.3 Å². The van der Waals surface area contributed by atoms with Gasteiger partial charge in [-0.15, -0.1) is 0 Å². The number of benzene rings is 2. The number of ether oxygens (including phenoxy) is 1. The molecule has 22 heavy (non-hydrogen) atoms. The molecule has 0 bridgehead atoms. The molecule has 0 aliphatic rings. The topological polar surface area (TPSA) is 26.3 Å². The molecule has 0 spiro atoms. The first-order valence-corrected chi connectivity index (χ1v) is 8.06. The summed E-state index contributed by atoms with van der Waals surface area (Å²) in [5, 5.41) is 0. The predicted molar refractivity (Wildman–Crippen MR) is 89.8 cm³/mol. The zero-order valence-corrected chi connectivity index (χ0v) is 13.2. The van der Waals surface area contributed by atoms with Crippen molar-refractivity contribution < 1.29 is 9.53 Å². The van der Waals surface area contributed by atoms with Crippen molar-refractivity contribution in [1.29, 1.82) is 0 Å². The first-order valence-electron chi connectivity index (χ1n) is 8.06. The highest BCUT2D eigenvalue weighted by Crippen LogP contribution is 2.28. The molecule has 0 aliphatic carbocycles. The molecule has 2 heteroatoms. The van der Waals surface area contributed by atoms with Gasteiger partial charge >= 0.3 is 5.97 Å². The first kappa shape index (κ1) is 16.3. The van der Waals surface area contributed by atoms with Crippen molar-refractivity contribution in [3.63, 3.8) is 0 Å². The van der Waals surface area contributed by atoms with E-state index in [0.717, 1.165) is 19.3 Å². The van der Waals surface area contributed by atoms with E-state index in [0.29, 0.717) is 18.9 Å². The largest absolute Gasteiger partial charge is 0.466 e. The molecular formula is C20H24O2. The predicted octanol–water partition coefficient (Wildman–Crippen LogP) is 4.94. The molecule has 2 aromatic rings. The summed E-state index contributed by atoms with van der Waals surface area (Å²) in [4.78, 5) is 11.4. The Bertz CT molecular complexity index is 509. The smallest absolute Gasteiger partial charge is 0.305 e. The fourth-order valence-electron chi connectivity index (χ4n) is 2.65. The quantitative estimate of drug-likeness (QED) is 0.509. The average molecular weight is 296 g/mol.